The fourth-order valence-electron chi connectivity index (χ4n) is 4.82. The lowest BCUT2D eigenvalue weighted by Gasteiger charge is -2.39. The second kappa shape index (κ2) is 7.85. The molecule has 0 aromatic heterocycles. The highest BCUT2D eigenvalue weighted by Gasteiger charge is 2.56. The van der Waals surface area contributed by atoms with Gasteiger partial charge in [-0.1, -0.05) is 66.7 Å². The summed E-state index contributed by atoms with van der Waals surface area (Å²) in [4.78, 5) is 13.5. The molecule has 0 aliphatic carbocycles. The van der Waals surface area contributed by atoms with Gasteiger partial charge in [-0.15, -0.1) is 0 Å². The zero-order valence-corrected chi connectivity index (χ0v) is 19.5. The van der Waals surface area contributed by atoms with Gasteiger partial charge < -0.3 is 4.90 Å². The minimum atomic E-state index is -4.07. The minimum Gasteiger partial charge on any atom is -0.314 e. The van der Waals surface area contributed by atoms with Gasteiger partial charge in [0.15, 0.2) is 5.78 Å². The van der Waals surface area contributed by atoms with E-state index in [4.69, 9.17) is 0 Å². The summed E-state index contributed by atoms with van der Waals surface area (Å²) in [7, 11) is -4.07. The Bertz CT molecular complexity index is 1420. The SMILES string of the molecule is Cc1cccc(S(=O)(=O)C2(C)C(=O)C=C3C=Cc4ccccc4N32)c1CCc1ccccc1. The lowest BCUT2D eigenvalue weighted by molar-refractivity contribution is -0.115. The summed E-state index contributed by atoms with van der Waals surface area (Å²) in [6.07, 6.45) is 6.47. The number of carbonyl (C=O) groups excluding carboxylic acids is 1. The smallest absolute Gasteiger partial charge is 0.211 e. The fraction of sp³-hybridized carbons (Fsp3) is 0.179. The third-order valence-corrected chi connectivity index (χ3v) is 9.11. The Balaban J connectivity index is 1.61. The van der Waals surface area contributed by atoms with Crippen LogP contribution < -0.4 is 4.90 Å². The maximum Gasteiger partial charge on any atom is 0.211 e. The molecule has 0 saturated carbocycles. The highest BCUT2D eigenvalue weighted by atomic mass is 32.2. The van der Waals surface area contributed by atoms with Crippen LogP contribution in [0.3, 0.4) is 0 Å². The van der Waals surface area contributed by atoms with E-state index >= 15 is 0 Å². The number of aryl methyl sites for hydroxylation is 2. The largest absolute Gasteiger partial charge is 0.314 e. The summed E-state index contributed by atoms with van der Waals surface area (Å²) in [6, 6.07) is 22.9. The Morgan fingerprint density at radius 1 is 0.848 bits per heavy atom. The van der Waals surface area contributed by atoms with E-state index in [0.717, 1.165) is 34.4 Å². The number of allylic oxidation sites excluding steroid dienone is 1. The van der Waals surface area contributed by atoms with Crippen LogP contribution in [-0.4, -0.2) is 19.1 Å². The van der Waals surface area contributed by atoms with Crippen LogP contribution in [0.5, 0.6) is 0 Å². The Kier molecular flexibility index (Phi) is 5.09. The van der Waals surface area contributed by atoms with Gasteiger partial charge in [0.05, 0.1) is 10.6 Å². The first-order valence-corrected chi connectivity index (χ1v) is 12.5. The molecule has 1 atom stereocenters. The average molecular weight is 456 g/mol. The molecule has 0 saturated heterocycles. The topological polar surface area (TPSA) is 54.5 Å². The number of benzene rings is 3. The summed E-state index contributed by atoms with van der Waals surface area (Å²) in [5.41, 5.74) is 5.04. The molecule has 0 radical (unpaired) electrons. The highest BCUT2D eigenvalue weighted by Crippen LogP contribution is 2.46. The van der Waals surface area contributed by atoms with E-state index in [2.05, 4.69) is 0 Å². The monoisotopic (exact) mass is 455 g/mol. The number of rotatable bonds is 5. The number of nitrogens with zero attached hydrogens (tertiary/aromatic N) is 1. The van der Waals surface area contributed by atoms with Gasteiger partial charge in [-0.05, 0) is 67.2 Å². The first-order chi connectivity index (χ1) is 15.8. The summed E-state index contributed by atoms with van der Waals surface area (Å²) >= 11 is 0. The first-order valence-electron chi connectivity index (χ1n) is 11.0. The lowest BCUT2D eigenvalue weighted by Crippen LogP contribution is -2.54. The summed E-state index contributed by atoms with van der Waals surface area (Å²) in [6.45, 7) is 3.47. The van der Waals surface area contributed by atoms with Crippen LogP contribution in [0.4, 0.5) is 5.69 Å². The van der Waals surface area contributed by atoms with Crippen molar-refractivity contribution in [2.45, 2.75) is 36.5 Å². The zero-order valence-electron chi connectivity index (χ0n) is 18.7. The van der Waals surface area contributed by atoms with E-state index < -0.39 is 20.5 Å². The van der Waals surface area contributed by atoms with E-state index in [9.17, 15) is 13.2 Å². The molecule has 0 amide bonds. The lowest BCUT2D eigenvalue weighted by atomic mass is 10.0. The normalized spacial score (nSPS) is 19.3. The minimum absolute atomic E-state index is 0.232. The van der Waals surface area contributed by atoms with Gasteiger partial charge in [0.2, 0.25) is 14.7 Å². The predicted octanol–water partition coefficient (Wildman–Crippen LogP) is 5.27. The Morgan fingerprint density at radius 3 is 2.36 bits per heavy atom. The van der Waals surface area contributed by atoms with Gasteiger partial charge in [0.25, 0.3) is 0 Å². The number of anilines is 1. The van der Waals surface area contributed by atoms with Crippen molar-refractivity contribution in [3.63, 3.8) is 0 Å². The van der Waals surface area contributed by atoms with Crippen molar-refractivity contribution >= 4 is 27.4 Å². The fourth-order valence-corrected chi connectivity index (χ4v) is 6.86. The van der Waals surface area contributed by atoms with Crippen molar-refractivity contribution in [2.75, 3.05) is 4.90 Å². The van der Waals surface area contributed by atoms with E-state index in [0.29, 0.717) is 12.1 Å². The van der Waals surface area contributed by atoms with Crippen LogP contribution in [0.2, 0.25) is 0 Å². The molecule has 2 aliphatic rings. The number of hydrogen-bond acceptors (Lipinski definition) is 4. The van der Waals surface area contributed by atoms with Crippen molar-refractivity contribution in [3.05, 3.63) is 113 Å². The number of ketones is 1. The van der Waals surface area contributed by atoms with Crippen LogP contribution in [0.1, 0.15) is 29.2 Å². The van der Waals surface area contributed by atoms with E-state index in [1.807, 2.05) is 79.7 Å². The van der Waals surface area contributed by atoms with E-state index in [1.165, 1.54) is 13.0 Å². The average Bonchev–Trinajstić information content (AvgIpc) is 3.10. The number of para-hydroxylation sites is 1. The molecule has 0 bridgehead atoms. The van der Waals surface area contributed by atoms with Gasteiger partial charge >= 0.3 is 0 Å². The summed E-state index contributed by atoms with van der Waals surface area (Å²) < 4.78 is 28.6. The van der Waals surface area contributed by atoms with E-state index in [-0.39, 0.29) is 4.90 Å². The van der Waals surface area contributed by atoms with Crippen molar-refractivity contribution in [2.24, 2.45) is 0 Å². The Morgan fingerprint density at radius 2 is 1.58 bits per heavy atom. The van der Waals surface area contributed by atoms with Gasteiger partial charge in [-0.25, -0.2) is 8.42 Å². The van der Waals surface area contributed by atoms with Crippen molar-refractivity contribution in [1.82, 2.24) is 0 Å². The van der Waals surface area contributed by atoms with Crippen molar-refractivity contribution in [1.29, 1.82) is 0 Å². The maximum atomic E-state index is 14.3. The van der Waals surface area contributed by atoms with Gasteiger partial charge in [-0.2, -0.15) is 0 Å². The number of hydrogen-bond donors (Lipinski definition) is 0. The summed E-state index contributed by atoms with van der Waals surface area (Å²) in [5, 5.41) is 0. The standard InChI is InChI=1S/C28H25NO3S/c1-20-9-8-14-26(24(20)18-15-21-10-4-3-5-11-21)33(31,32)28(2)27(30)19-23-17-16-22-12-6-7-13-25(22)29(23)28/h3-14,16-17,19H,15,18H2,1-2H3. The molecule has 1 unspecified atom stereocenters. The van der Waals surface area contributed by atoms with E-state index in [1.54, 1.807) is 17.0 Å². The summed E-state index contributed by atoms with van der Waals surface area (Å²) in [5.74, 6) is -0.422. The van der Waals surface area contributed by atoms with Gasteiger partial charge in [-0.3, -0.25) is 4.79 Å². The molecule has 5 heteroatoms. The van der Waals surface area contributed by atoms with Crippen molar-refractivity contribution in [3.8, 4) is 0 Å². The number of carbonyl (C=O) groups is 1. The van der Waals surface area contributed by atoms with Crippen LogP contribution in [0, 0.1) is 6.92 Å². The molecule has 4 nitrogen and oxygen atoms in total. The van der Waals surface area contributed by atoms with Gasteiger partial charge in [0, 0.05) is 11.8 Å². The molecule has 3 aromatic rings. The highest BCUT2D eigenvalue weighted by molar-refractivity contribution is 7.93. The molecular formula is C28H25NO3S. The van der Waals surface area contributed by atoms with Gasteiger partial charge in [0.1, 0.15) is 0 Å². The molecular weight excluding hydrogens is 430 g/mol. The Labute approximate surface area is 194 Å². The quantitative estimate of drug-likeness (QED) is 0.526. The molecule has 0 N–H and O–H groups in total. The van der Waals surface area contributed by atoms with Crippen molar-refractivity contribution < 1.29 is 13.2 Å². The number of fused-ring (bicyclic) bond motifs is 3. The predicted molar refractivity (Wildman–Crippen MR) is 132 cm³/mol. The molecule has 3 aromatic carbocycles. The maximum absolute atomic E-state index is 14.3. The molecule has 2 heterocycles. The second-order valence-electron chi connectivity index (χ2n) is 8.68. The van der Waals surface area contributed by atoms with Crippen LogP contribution >= 0.6 is 0 Å². The van der Waals surface area contributed by atoms with Crippen LogP contribution in [-0.2, 0) is 27.5 Å². The Hall–Kier alpha value is -3.44. The third-order valence-electron chi connectivity index (χ3n) is 6.72. The molecule has 5 rings (SSSR count). The molecule has 0 fully saturated rings. The molecule has 0 spiro atoms. The second-order valence-corrected chi connectivity index (χ2v) is 10.9. The van der Waals surface area contributed by atoms with Crippen LogP contribution in [0.25, 0.3) is 6.08 Å². The molecule has 2 aliphatic heterocycles. The third kappa shape index (κ3) is 3.26. The zero-order chi connectivity index (χ0) is 23.2. The molecule has 33 heavy (non-hydrogen) atoms. The van der Waals surface area contributed by atoms with Crippen LogP contribution in [0.15, 0.2) is 95.5 Å². The first kappa shape index (κ1) is 21.4. The molecule has 166 valence electrons. The number of sulfone groups is 1.